The zero-order chi connectivity index (χ0) is 12.8. The summed E-state index contributed by atoms with van der Waals surface area (Å²) >= 11 is 8.06. The van der Waals surface area contributed by atoms with Crippen LogP contribution in [0.2, 0.25) is 0 Å². The van der Waals surface area contributed by atoms with E-state index in [-0.39, 0.29) is 6.04 Å². The van der Waals surface area contributed by atoms with E-state index in [0.717, 1.165) is 0 Å². The van der Waals surface area contributed by atoms with Crippen molar-refractivity contribution in [1.82, 2.24) is 19.8 Å². The predicted octanol–water partition coefficient (Wildman–Crippen LogP) is 2.28. The van der Waals surface area contributed by atoms with E-state index in [1.165, 1.54) is 23.5 Å². The van der Waals surface area contributed by atoms with Crippen LogP contribution in [0.25, 0.3) is 0 Å². The van der Waals surface area contributed by atoms with Crippen LogP contribution in [-0.4, -0.2) is 30.4 Å². The molecule has 1 heterocycles. The molecule has 0 saturated carbocycles. The lowest BCUT2D eigenvalue weighted by molar-refractivity contribution is 0.508. The van der Waals surface area contributed by atoms with Gasteiger partial charge in [-0.25, -0.2) is 9.36 Å². The molecule has 1 aromatic rings. The maximum Gasteiger partial charge on any atom is 0.216 e. The minimum absolute atomic E-state index is 0.189. The van der Waals surface area contributed by atoms with Crippen LogP contribution in [-0.2, 0) is 5.88 Å². The number of tetrazole rings is 1. The summed E-state index contributed by atoms with van der Waals surface area (Å²) in [6, 6.07) is 0.189. The van der Waals surface area contributed by atoms with Gasteiger partial charge in [-0.3, -0.25) is 0 Å². The molecule has 0 unspecified atom stereocenters. The Balaban J connectivity index is 2.74. The van der Waals surface area contributed by atoms with Crippen LogP contribution in [0.15, 0.2) is 4.99 Å². The lowest BCUT2D eigenvalue weighted by Crippen LogP contribution is -2.04. The molecule has 0 amide bonds. The summed E-state index contributed by atoms with van der Waals surface area (Å²) in [6.07, 6.45) is 3.63. The van der Waals surface area contributed by atoms with Gasteiger partial charge in [0.15, 0.2) is 0 Å². The molecule has 0 fully saturated rings. The molecular weight excluding hydrogens is 276 g/mol. The van der Waals surface area contributed by atoms with Crippen molar-refractivity contribution in [2.45, 2.75) is 25.8 Å². The van der Waals surface area contributed by atoms with Crippen LogP contribution < -0.4 is 0 Å². The van der Waals surface area contributed by atoms with Gasteiger partial charge in [-0.1, -0.05) is 11.8 Å². The molecule has 6 nitrogen and oxygen atoms in total. The molecule has 0 aliphatic heterocycles. The highest BCUT2D eigenvalue weighted by atomic mass is 32.2. The van der Waals surface area contributed by atoms with Crippen molar-refractivity contribution in [2.24, 2.45) is 4.99 Å². The molecule has 92 valence electrons. The van der Waals surface area contributed by atoms with Gasteiger partial charge in [0, 0.05) is 0 Å². The first-order chi connectivity index (χ1) is 8.10. The third kappa shape index (κ3) is 3.83. The Hall–Kier alpha value is -0.850. The van der Waals surface area contributed by atoms with Crippen molar-refractivity contribution in [3.05, 3.63) is 4.77 Å². The predicted molar refractivity (Wildman–Crippen MR) is 73.4 cm³/mol. The Morgan fingerprint density at radius 2 is 2.29 bits per heavy atom. The summed E-state index contributed by atoms with van der Waals surface area (Å²) in [5.74, 6) is 0.507. The molecule has 0 radical (unpaired) electrons. The van der Waals surface area contributed by atoms with E-state index >= 15 is 0 Å². The Labute approximate surface area is 113 Å². The summed E-state index contributed by atoms with van der Waals surface area (Å²) in [6.45, 7) is 3.98. The summed E-state index contributed by atoms with van der Waals surface area (Å²) in [4.78, 5) is 3.68. The average molecular weight is 288 g/mol. The lowest BCUT2D eigenvalue weighted by atomic mass is 10.4. The molecule has 17 heavy (non-hydrogen) atoms. The molecule has 0 aliphatic carbocycles. The van der Waals surface area contributed by atoms with E-state index in [1.54, 1.807) is 15.6 Å². The SMILES string of the molecule is CSC(=NC#N)SCn1nnn(C(C)C)c1=S. The minimum atomic E-state index is 0.189. The number of rotatable bonds is 3. The summed E-state index contributed by atoms with van der Waals surface area (Å²) in [5, 5.41) is 16.4. The van der Waals surface area contributed by atoms with Crippen molar-refractivity contribution in [3.8, 4) is 6.19 Å². The zero-order valence-electron chi connectivity index (χ0n) is 9.69. The van der Waals surface area contributed by atoms with Gasteiger partial charge in [0.1, 0.15) is 4.38 Å². The van der Waals surface area contributed by atoms with Crippen LogP contribution in [0.1, 0.15) is 19.9 Å². The number of thioether (sulfide) groups is 2. The first kappa shape index (κ1) is 14.2. The van der Waals surface area contributed by atoms with Gasteiger partial charge in [-0.05, 0) is 42.7 Å². The van der Waals surface area contributed by atoms with Gasteiger partial charge in [-0.15, -0.1) is 11.8 Å². The zero-order valence-corrected chi connectivity index (χ0v) is 12.1. The highest BCUT2D eigenvalue weighted by Crippen LogP contribution is 2.16. The fourth-order valence-electron chi connectivity index (χ4n) is 0.985. The molecule has 0 bridgehead atoms. The number of aliphatic imine (C=N–C) groups is 1. The van der Waals surface area contributed by atoms with Crippen LogP contribution in [0, 0.1) is 16.2 Å². The smallest absolute Gasteiger partial charge is 0.216 e. The van der Waals surface area contributed by atoms with Crippen molar-refractivity contribution >= 4 is 40.1 Å². The number of nitriles is 1. The van der Waals surface area contributed by atoms with Crippen LogP contribution in [0.4, 0.5) is 0 Å². The monoisotopic (exact) mass is 288 g/mol. The molecule has 0 aromatic carbocycles. The first-order valence-electron chi connectivity index (χ1n) is 4.76. The van der Waals surface area contributed by atoms with E-state index in [2.05, 4.69) is 15.4 Å². The third-order valence-electron chi connectivity index (χ3n) is 1.78. The molecule has 0 N–H and O–H groups in total. The van der Waals surface area contributed by atoms with Gasteiger partial charge >= 0.3 is 0 Å². The van der Waals surface area contributed by atoms with Crippen molar-refractivity contribution < 1.29 is 0 Å². The fraction of sp³-hybridized carbons (Fsp3) is 0.625. The number of aromatic nitrogens is 4. The third-order valence-corrected chi connectivity index (χ3v) is 4.18. The molecular formula is C8H12N6S3. The summed E-state index contributed by atoms with van der Waals surface area (Å²) < 4.78 is 4.55. The second-order valence-corrected chi connectivity index (χ2v) is 5.61. The van der Waals surface area contributed by atoms with E-state index in [0.29, 0.717) is 15.0 Å². The number of hydrogen-bond acceptors (Lipinski definition) is 7. The van der Waals surface area contributed by atoms with E-state index in [4.69, 9.17) is 17.5 Å². The van der Waals surface area contributed by atoms with Gasteiger partial charge in [0.25, 0.3) is 0 Å². The van der Waals surface area contributed by atoms with Gasteiger partial charge in [0.05, 0.1) is 11.9 Å². The van der Waals surface area contributed by atoms with Gasteiger partial charge < -0.3 is 0 Å². The molecule has 0 atom stereocenters. The molecule has 1 aromatic heterocycles. The molecule has 1 rings (SSSR count). The Bertz CT molecular complexity index is 494. The average Bonchev–Trinajstić information content (AvgIpc) is 2.66. The highest BCUT2D eigenvalue weighted by molar-refractivity contribution is 8.38. The Kier molecular flexibility index (Phi) is 5.67. The fourth-order valence-corrected chi connectivity index (χ4v) is 2.69. The Morgan fingerprint density at radius 1 is 1.59 bits per heavy atom. The highest BCUT2D eigenvalue weighted by Gasteiger charge is 2.07. The van der Waals surface area contributed by atoms with Gasteiger partial charge in [0.2, 0.25) is 11.0 Å². The number of hydrogen-bond donors (Lipinski definition) is 0. The van der Waals surface area contributed by atoms with Gasteiger partial charge in [-0.2, -0.15) is 10.3 Å². The summed E-state index contributed by atoms with van der Waals surface area (Å²) in [5.41, 5.74) is 0. The topological polar surface area (TPSA) is 71.8 Å². The largest absolute Gasteiger partial charge is 0.216 e. The first-order valence-corrected chi connectivity index (χ1v) is 7.38. The lowest BCUT2D eigenvalue weighted by Gasteiger charge is -2.02. The Morgan fingerprint density at radius 3 is 2.76 bits per heavy atom. The molecule has 0 saturated heterocycles. The van der Waals surface area contributed by atoms with Crippen LogP contribution >= 0.6 is 35.7 Å². The van der Waals surface area contributed by atoms with Crippen molar-refractivity contribution in [3.63, 3.8) is 0 Å². The van der Waals surface area contributed by atoms with Crippen LogP contribution in [0.3, 0.4) is 0 Å². The number of nitrogens with zero attached hydrogens (tertiary/aromatic N) is 6. The van der Waals surface area contributed by atoms with E-state index in [1.807, 2.05) is 20.1 Å². The van der Waals surface area contributed by atoms with E-state index < -0.39 is 0 Å². The quantitative estimate of drug-likeness (QED) is 0.368. The maximum atomic E-state index is 8.47. The van der Waals surface area contributed by atoms with Crippen LogP contribution in [0.5, 0.6) is 0 Å². The molecule has 9 heteroatoms. The normalized spacial score (nSPS) is 11.8. The van der Waals surface area contributed by atoms with E-state index in [9.17, 15) is 0 Å². The maximum absolute atomic E-state index is 8.47. The van der Waals surface area contributed by atoms with Crippen molar-refractivity contribution in [2.75, 3.05) is 6.26 Å². The summed E-state index contributed by atoms with van der Waals surface area (Å²) in [7, 11) is 0. The molecule has 0 aliphatic rings. The second kappa shape index (κ2) is 6.78. The standard InChI is InChI=1S/C8H12N6S3/c1-6(2)14-8(15)13(11-12-14)5-17-7(16-3)10-4-9/h6H,5H2,1-3H3. The second-order valence-electron chi connectivity index (χ2n) is 3.25. The molecule has 0 spiro atoms. The minimum Gasteiger partial charge on any atom is -0.216 e. The van der Waals surface area contributed by atoms with Crippen molar-refractivity contribution in [1.29, 1.82) is 5.26 Å².